The second-order valence-corrected chi connectivity index (χ2v) is 6.10. The van der Waals surface area contributed by atoms with E-state index >= 15 is 0 Å². The topological polar surface area (TPSA) is 3.24 Å². The van der Waals surface area contributed by atoms with Gasteiger partial charge in [0, 0.05) is 17.4 Å². The average Bonchev–Trinajstić information content (AvgIpc) is 2.23. The molecule has 0 bridgehead atoms. The van der Waals surface area contributed by atoms with E-state index in [1.54, 1.807) is 5.57 Å². The molecule has 0 radical (unpaired) electrons. The molecule has 0 N–H and O–H groups in total. The highest BCUT2D eigenvalue weighted by atomic mass is 15.2. The van der Waals surface area contributed by atoms with Crippen LogP contribution in [0.4, 0.5) is 0 Å². The second kappa shape index (κ2) is 6.26. The van der Waals surface area contributed by atoms with Gasteiger partial charge in [-0.2, -0.15) is 0 Å². The van der Waals surface area contributed by atoms with E-state index in [0.717, 1.165) is 11.6 Å². The van der Waals surface area contributed by atoms with Gasteiger partial charge in [-0.3, -0.25) is 0 Å². The van der Waals surface area contributed by atoms with Gasteiger partial charge in [-0.15, -0.1) is 0 Å². The van der Waals surface area contributed by atoms with Crippen molar-refractivity contribution in [3.8, 4) is 0 Å². The lowest BCUT2D eigenvalue weighted by molar-refractivity contribution is 0.324. The molecule has 0 aliphatic heterocycles. The fourth-order valence-electron chi connectivity index (χ4n) is 2.80. The molecule has 18 heavy (non-hydrogen) atoms. The van der Waals surface area contributed by atoms with Crippen molar-refractivity contribution in [3.63, 3.8) is 0 Å². The minimum Gasteiger partial charge on any atom is -0.343 e. The van der Waals surface area contributed by atoms with Crippen LogP contribution in [-0.2, 0) is 0 Å². The summed E-state index contributed by atoms with van der Waals surface area (Å²) in [5, 5.41) is 0. The molecule has 0 fully saturated rings. The molecule has 0 spiro atoms. The number of hydrogen-bond acceptors (Lipinski definition) is 1. The first-order valence-electron chi connectivity index (χ1n) is 7.17. The molecule has 1 heteroatoms. The van der Waals surface area contributed by atoms with Gasteiger partial charge in [0.1, 0.15) is 0 Å². The maximum Gasteiger partial charge on any atom is 0.0337 e. The normalized spacial score (nSPS) is 20.1. The second-order valence-electron chi connectivity index (χ2n) is 6.10. The van der Waals surface area contributed by atoms with Crippen LogP contribution in [0.2, 0.25) is 0 Å². The van der Waals surface area contributed by atoms with Gasteiger partial charge < -0.3 is 4.90 Å². The Bertz CT molecular complexity index is 367. The highest BCUT2D eigenvalue weighted by molar-refractivity contribution is 5.27. The summed E-state index contributed by atoms with van der Waals surface area (Å²) >= 11 is 0. The average molecular weight is 247 g/mol. The molecule has 1 aliphatic carbocycles. The quantitative estimate of drug-likeness (QED) is 0.612. The maximum absolute atomic E-state index is 4.27. The van der Waals surface area contributed by atoms with Crippen LogP contribution in [-0.4, -0.2) is 10.9 Å². The molecule has 1 rings (SSSR count). The van der Waals surface area contributed by atoms with Gasteiger partial charge in [0.15, 0.2) is 0 Å². The van der Waals surface area contributed by atoms with Crippen LogP contribution in [0.5, 0.6) is 0 Å². The Balaban J connectivity index is 3.10. The van der Waals surface area contributed by atoms with Gasteiger partial charge in [-0.1, -0.05) is 24.6 Å². The zero-order chi connectivity index (χ0) is 13.9. The number of nitrogens with zero attached hydrogens (tertiary/aromatic N) is 1. The summed E-state index contributed by atoms with van der Waals surface area (Å²) in [6.45, 7) is 17.7. The van der Waals surface area contributed by atoms with Crippen molar-refractivity contribution in [3.05, 3.63) is 35.2 Å². The van der Waals surface area contributed by atoms with Gasteiger partial charge in [-0.25, -0.2) is 0 Å². The van der Waals surface area contributed by atoms with Crippen LogP contribution < -0.4 is 0 Å². The van der Waals surface area contributed by atoms with Crippen LogP contribution in [0.25, 0.3) is 0 Å². The molecule has 0 aromatic heterocycles. The molecule has 1 nitrogen and oxygen atoms in total. The first kappa shape index (κ1) is 15.1. The van der Waals surface area contributed by atoms with Crippen molar-refractivity contribution in [2.24, 2.45) is 5.92 Å². The van der Waals surface area contributed by atoms with Gasteiger partial charge in [-0.05, 0) is 65.9 Å². The Hall–Kier alpha value is -0.980. The van der Waals surface area contributed by atoms with Crippen molar-refractivity contribution in [2.75, 3.05) is 0 Å². The van der Waals surface area contributed by atoms with Crippen LogP contribution in [0.3, 0.4) is 0 Å². The van der Waals surface area contributed by atoms with Gasteiger partial charge in [0.05, 0.1) is 0 Å². The Morgan fingerprint density at radius 3 is 2.50 bits per heavy atom. The Kier molecular flexibility index (Phi) is 5.25. The first-order valence-corrected chi connectivity index (χ1v) is 7.17. The number of hydrogen-bond donors (Lipinski definition) is 0. The van der Waals surface area contributed by atoms with E-state index < -0.39 is 0 Å². The van der Waals surface area contributed by atoms with Gasteiger partial charge in [0.25, 0.3) is 0 Å². The fourth-order valence-corrected chi connectivity index (χ4v) is 2.80. The Labute approximate surface area is 113 Å². The Morgan fingerprint density at radius 2 is 2.00 bits per heavy atom. The fraction of sp³-hybridized carbons (Fsp3) is 0.647. The zero-order valence-electron chi connectivity index (χ0n) is 13.0. The van der Waals surface area contributed by atoms with E-state index in [1.807, 2.05) is 0 Å². The van der Waals surface area contributed by atoms with Crippen molar-refractivity contribution in [1.82, 2.24) is 4.90 Å². The van der Waals surface area contributed by atoms with Crippen molar-refractivity contribution < 1.29 is 0 Å². The van der Waals surface area contributed by atoms with Crippen LogP contribution in [0, 0.1) is 5.92 Å². The first-order chi connectivity index (χ1) is 8.34. The lowest BCUT2D eigenvalue weighted by atomic mass is 9.87. The van der Waals surface area contributed by atoms with E-state index in [2.05, 4.69) is 59.1 Å². The van der Waals surface area contributed by atoms with Crippen LogP contribution >= 0.6 is 0 Å². The predicted molar refractivity (Wildman–Crippen MR) is 81.3 cm³/mol. The molecule has 1 unspecified atom stereocenters. The molecule has 0 saturated carbocycles. The van der Waals surface area contributed by atoms with Gasteiger partial charge >= 0.3 is 0 Å². The van der Waals surface area contributed by atoms with E-state index in [0.29, 0.717) is 6.04 Å². The molecule has 0 aromatic carbocycles. The summed E-state index contributed by atoms with van der Waals surface area (Å²) in [7, 11) is 0. The highest BCUT2D eigenvalue weighted by Crippen LogP contribution is 2.34. The summed E-state index contributed by atoms with van der Waals surface area (Å²) in [5.74, 6) is 0.717. The van der Waals surface area contributed by atoms with E-state index in [1.165, 1.54) is 30.5 Å². The lowest BCUT2D eigenvalue weighted by Crippen LogP contribution is -2.31. The van der Waals surface area contributed by atoms with E-state index in [9.17, 15) is 0 Å². The minimum absolute atomic E-state index is 0.475. The van der Waals surface area contributed by atoms with Crippen molar-refractivity contribution in [2.45, 2.75) is 66.8 Å². The lowest BCUT2D eigenvalue weighted by Gasteiger charge is -2.37. The molecule has 1 aliphatic rings. The molecule has 1 atom stereocenters. The molecular weight excluding hydrogens is 218 g/mol. The SMILES string of the molecule is C=C(C=C(C)C)N(C1=C(C)C(C)CCC1)C(C)C. The standard InChI is InChI=1S/C17H29N/c1-12(2)11-15(6)18(13(3)4)17-10-8-9-14(5)16(17)7/h11,13-14H,6,8-10H2,1-5,7H3. The molecule has 0 saturated heterocycles. The number of rotatable bonds is 4. The van der Waals surface area contributed by atoms with Crippen LogP contribution in [0.1, 0.15) is 60.8 Å². The van der Waals surface area contributed by atoms with Crippen LogP contribution in [0.15, 0.2) is 35.2 Å². The zero-order valence-corrected chi connectivity index (χ0v) is 13.0. The van der Waals surface area contributed by atoms with E-state index in [-0.39, 0.29) is 0 Å². The Morgan fingerprint density at radius 1 is 1.39 bits per heavy atom. The smallest absolute Gasteiger partial charge is 0.0337 e. The minimum atomic E-state index is 0.475. The highest BCUT2D eigenvalue weighted by Gasteiger charge is 2.23. The maximum atomic E-state index is 4.27. The third kappa shape index (κ3) is 3.51. The summed E-state index contributed by atoms with van der Waals surface area (Å²) < 4.78 is 0. The van der Waals surface area contributed by atoms with Crippen molar-refractivity contribution in [1.29, 1.82) is 0 Å². The molecule has 0 heterocycles. The van der Waals surface area contributed by atoms with Crippen molar-refractivity contribution >= 4 is 0 Å². The summed E-state index contributed by atoms with van der Waals surface area (Å²) in [6.07, 6.45) is 6.03. The predicted octanol–water partition coefficient (Wildman–Crippen LogP) is 5.27. The third-order valence-corrected chi connectivity index (χ3v) is 3.82. The van der Waals surface area contributed by atoms with E-state index in [4.69, 9.17) is 0 Å². The summed E-state index contributed by atoms with van der Waals surface area (Å²) in [4.78, 5) is 2.43. The molecule has 0 amide bonds. The molecule has 0 aromatic rings. The number of allylic oxidation sites excluding steroid dienone is 4. The monoisotopic (exact) mass is 247 g/mol. The molecule has 102 valence electrons. The third-order valence-electron chi connectivity index (χ3n) is 3.82. The molecular formula is C17H29N. The summed E-state index contributed by atoms with van der Waals surface area (Å²) in [6, 6.07) is 0.475. The van der Waals surface area contributed by atoms with Gasteiger partial charge in [0.2, 0.25) is 0 Å². The summed E-state index contributed by atoms with van der Waals surface area (Å²) in [5.41, 5.74) is 5.51. The largest absolute Gasteiger partial charge is 0.343 e.